The quantitative estimate of drug-likeness (QED) is 0.727. The smallest absolute Gasteiger partial charge is 0.329 e. The van der Waals surface area contributed by atoms with Gasteiger partial charge in [0.05, 0.1) is 12.2 Å². The van der Waals surface area contributed by atoms with Crippen LogP contribution in [0, 0.1) is 0 Å². The highest BCUT2D eigenvalue weighted by atomic mass is 16.5. The van der Waals surface area contributed by atoms with Gasteiger partial charge in [0.25, 0.3) is 0 Å². The molecule has 0 bridgehead atoms. The SMILES string of the molecule is C[C@@H](OC1CCCCC1)[C@H](N)C(=O)N1CCC[C@H]1C(=O)OCc1ccccc1. The Morgan fingerprint density at radius 2 is 1.82 bits per heavy atom. The molecule has 1 aliphatic carbocycles. The molecule has 154 valence electrons. The van der Waals surface area contributed by atoms with E-state index in [0.717, 1.165) is 24.8 Å². The lowest BCUT2D eigenvalue weighted by Crippen LogP contribution is -2.53. The summed E-state index contributed by atoms with van der Waals surface area (Å²) >= 11 is 0. The predicted molar refractivity (Wildman–Crippen MR) is 106 cm³/mol. The first kappa shape index (κ1) is 20.8. The molecule has 3 atom stereocenters. The Morgan fingerprint density at radius 3 is 2.54 bits per heavy atom. The molecule has 0 radical (unpaired) electrons. The lowest BCUT2D eigenvalue weighted by molar-refractivity contribution is -0.156. The number of likely N-dealkylation sites (tertiary alicyclic amines) is 1. The molecule has 6 heteroatoms. The number of hydrogen-bond acceptors (Lipinski definition) is 5. The fourth-order valence-electron chi connectivity index (χ4n) is 4.08. The number of nitrogens with zero attached hydrogens (tertiary/aromatic N) is 1. The normalized spacial score (nSPS) is 22.6. The summed E-state index contributed by atoms with van der Waals surface area (Å²) in [5, 5.41) is 0. The summed E-state index contributed by atoms with van der Waals surface area (Å²) in [5.74, 6) is -0.578. The zero-order valence-corrected chi connectivity index (χ0v) is 16.7. The largest absolute Gasteiger partial charge is 0.459 e. The van der Waals surface area contributed by atoms with Crippen molar-refractivity contribution in [1.82, 2.24) is 4.90 Å². The Kier molecular flexibility index (Phi) is 7.45. The average molecular weight is 389 g/mol. The molecule has 1 aromatic carbocycles. The molecule has 1 aromatic rings. The monoisotopic (exact) mass is 388 g/mol. The van der Waals surface area contributed by atoms with E-state index in [1.54, 1.807) is 4.90 Å². The van der Waals surface area contributed by atoms with E-state index in [4.69, 9.17) is 15.2 Å². The Bertz CT molecular complexity index is 645. The predicted octanol–water partition coefficient (Wildman–Crippen LogP) is 2.79. The lowest BCUT2D eigenvalue weighted by atomic mass is 9.97. The van der Waals surface area contributed by atoms with Crippen LogP contribution in [0.25, 0.3) is 0 Å². The number of benzene rings is 1. The molecule has 0 aromatic heterocycles. The van der Waals surface area contributed by atoms with Crippen molar-refractivity contribution in [2.75, 3.05) is 6.54 Å². The minimum atomic E-state index is -0.760. The van der Waals surface area contributed by atoms with Gasteiger partial charge in [0.15, 0.2) is 0 Å². The van der Waals surface area contributed by atoms with Crippen molar-refractivity contribution < 1.29 is 19.1 Å². The van der Waals surface area contributed by atoms with Crippen molar-refractivity contribution >= 4 is 11.9 Å². The van der Waals surface area contributed by atoms with E-state index in [0.29, 0.717) is 13.0 Å². The molecule has 28 heavy (non-hydrogen) atoms. The molecule has 1 aliphatic heterocycles. The fraction of sp³-hybridized carbons (Fsp3) is 0.636. The van der Waals surface area contributed by atoms with Gasteiger partial charge in [-0.25, -0.2) is 4.79 Å². The van der Waals surface area contributed by atoms with Gasteiger partial charge in [-0.1, -0.05) is 49.6 Å². The molecule has 1 amide bonds. The molecule has 2 fully saturated rings. The molecule has 1 heterocycles. The molecule has 2 N–H and O–H groups in total. The van der Waals surface area contributed by atoms with E-state index in [1.165, 1.54) is 19.3 Å². The number of carbonyl (C=O) groups is 2. The molecule has 0 spiro atoms. The molecular formula is C22H32N2O4. The van der Waals surface area contributed by atoms with Crippen molar-refractivity contribution in [3.63, 3.8) is 0 Å². The number of ether oxygens (including phenoxy) is 2. The third-order valence-corrected chi connectivity index (χ3v) is 5.78. The van der Waals surface area contributed by atoms with E-state index in [2.05, 4.69) is 0 Å². The molecule has 0 unspecified atom stereocenters. The Morgan fingerprint density at radius 1 is 1.11 bits per heavy atom. The first-order chi connectivity index (χ1) is 13.6. The Balaban J connectivity index is 1.53. The third kappa shape index (κ3) is 5.32. The average Bonchev–Trinajstić information content (AvgIpc) is 3.22. The number of amides is 1. The molecule has 1 saturated carbocycles. The van der Waals surface area contributed by atoms with Crippen molar-refractivity contribution in [2.45, 2.75) is 82.8 Å². The Labute approximate surface area is 167 Å². The molecule has 1 saturated heterocycles. The zero-order chi connectivity index (χ0) is 19.9. The number of esters is 1. The molecular weight excluding hydrogens is 356 g/mol. The van der Waals surface area contributed by atoms with Crippen LogP contribution < -0.4 is 5.73 Å². The van der Waals surface area contributed by atoms with Crippen LogP contribution in [-0.4, -0.2) is 47.6 Å². The number of hydrogen-bond donors (Lipinski definition) is 1. The van der Waals surface area contributed by atoms with Gasteiger partial charge in [0, 0.05) is 6.54 Å². The third-order valence-electron chi connectivity index (χ3n) is 5.78. The molecule has 6 nitrogen and oxygen atoms in total. The van der Waals surface area contributed by atoms with Crippen LogP contribution in [0.5, 0.6) is 0 Å². The van der Waals surface area contributed by atoms with Crippen LogP contribution in [0.2, 0.25) is 0 Å². The minimum absolute atomic E-state index is 0.188. The standard InChI is InChI=1S/C22H32N2O4/c1-16(28-18-11-6-3-7-12-18)20(23)21(25)24-14-8-13-19(24)22(26)27-15-17-9-4-2-5-10-17/h2,4-5,9-10,16,18-20H,3,6-8,11-15,23H2,1H3/t16-,19+,20+/m1/s1. The van der Waals surface area contributed by atoms with Crippen LogP contribution in [0.4, 0.5) is 0 Å². The van der Waals surface area contributed by atoms with Crippen molar-refractivity contribution in [1.29, 1.82) is 0 Å². The van der Waals surface area contributed by atoms with Crippen molar-refractivity contribution in [3.8, 4) is 0 Å². The van der Waals surface area contributed by atoms with Gasteiger partial charge in [-0.05, 0) is 38.2 Å². The zero-order valence-electron chi connectivity index (χ0n) is 16.7. The van der Waals surface area contributed by atoms with Crippen LogP contribution in [-0.2, 0) is 25.7 Å². The van der Waals surface area contributed by atoms with Crippen molar-refractivity contribution in [3.05, 3.63) is 35.9 Å². The Hall–Kier alpha value is -1.92. The van der Waals surface area contributed by atoms with Gasteiger partial charge < -0.3 is 20.1 Å². The number of carbonyl (C=O) groups excluding carboxylic acids is 2. The maximum atomic E-state index is 12.9. The summed E-state index contributed by atoms with van der Waals surface area (Å²) in [4.78, 5) is 27.1. The lowest BCUT2D eigenvalue weighted by Gasteiger charge is -2.31. The van der Waals surface area contributed by atoms with Crippen LogP contribution in [0.3, 0.4) is 0 Å². The van der Waals surface area contributed by atoms with Crippen molar-refractivity contribution in [2.24, 2.45) is 5.73 Å². The highest BCUT2D eigenvalue weighted by Gasteiger charge is 2.39. The van der Waals surface area contributed by atoms with Gasteiger partial charge in [0.2, 0.25) is 5.91 Å². The molecule has 3 rings (SSSR count). The van der Waals surface area contributed by atoms with Crippen LogP contribution in [0.1, 0.15) is 57.4 Å². The second-order valence-corrected chi connectivity index (χ2v) is 7.91. The van der Waals surface area contributed by atoms with Gasteiger partial charge in [-0.15, -0.1) is 0 Å². The topological polar surface area (TPSA) is 81.9 Å². The summed E-state index contributed by atoms with van der Waals surface area (Å²) in [6.07, 6.45) is 6.87. The molecule has 2 aliphatic rings. The van der Waals surface area contributed by atoms with Gasteiger partial charge in [-0.3, -0.25) is 4.79 Å². The van der Waals surface area contributed by atoms with E-state index in [1.807, 2.05) is 37.3 Å². The second kappa shape index (κ2) is 10.0. The minimum Gasteiger partial charge on any atom is -0.459 e. The van der Waals surface area contributed by atoms with E-state index >= 15 is 0 Å². The van der Waals surface area contributed by atoms with E-state index in [-0.39, 0.29) is 30.7 Å². The first-order valence-electron chi connectivity index (χ1n) is 10.5. The summed E-state index contributed by atoms with van der Waals surface area (Å²) in [6, 6.07) is 8.23. The summed E-state index contributed by atoms with van der Waals surface area (Å²) in [5.41, 5.74) is 7.15. The second-order valence-electron chi connectivity index (χ2n) is 7.91. The van der Waals surface area contributed by atoms with Crippen LogP contribution in [0.15, 0.2) is 30.3 Å². The number of rotatable bonds is 7. The highest BCUT2D eigenvalue weighted by Crippen LogP contribution is 2.24. The fourth-order valence-corrected chi connectivity index (χ4v) is 4.08. The maximum absolute atomic E-state index is 12.9. The highest BCUT2D eigenvalue weighted by molar-refractivity contribution is 5.88. The summed E-state index contributed by atoms with van der Waals surface area (Å²) in [7, 11) is 0. The van der Waals surface area contributed by atoms with E-state index < -0.39 is 12.1 Å². The summed E-state index contributed by atoms with van der Waals surface area (Å²) in [6.45, 7) is 2.61. The summed E-state index contributed by atoms with van der Waals surface area (Å²) < 4.78 is 11.5. The van der Waals surface area contributed by atoms with Gasteiger partial charge in [-0.2, -0.15) is 0 Å². The first-order valence-corrected chi connectivity index (χ1v) is 10.5. The van der Waals surface area contributed by atoms with Crippen LogP contribution >= 0.6 is 0 Å². The number of nitrogens with two attached hydrogens (primary N) is 1. The van der Waals surface area contributed by atoms with E-state index in [9.17, 15) is 9.59 Å². The van der Waals surface area contributed by atoms with Gasteiger partial charge >= 0.3 is 5.97 Å². The van der Waals surface area contributed by atoms with Gasteiger partial charge in [0.1, 0.15) is 18.7 Å². The maximum Gasteiger partial charge on any atom is 0.329 e.